The molecule has 2 amide bonds. The number of amides is 2. The van der Waals surface area contributed by atoms with E-state index in [0.717, 1.165) is 10.4 Å². The maximum Gasteiger partial charge on any atom is 0.238 e. The lowest BCUT2D eigenvalue weighted by Gasteiger charge is -2.24. The van der Waals surface area contributed by atoms with Gasteiger partial charge in [0.05, 0.1) is 12.2 Å². The van der Waals surface area contributed by atoms with Gasteiger partial charge in [-0.1, -0.05) is 18.2 Å². The molecule has 4 rings (SSSR count). The van der Waals surface area contributed by atoms with Gasteiger partial charge in [-0.15, -0.1) is 23.1 Å². The second-order valence-electron chi connectivity index (χ2n) is 6.33. The van der Waals surface area contributed by atoms with Gasteiger partial charge < -0.3 is 5.32 Å². The summed E-state index contributed by atoms with van der Waals surface area (Å²) in [5.74, 6) is -0.0211. The SMILES string of the molecule is O=C(Cc1cccs1)Nc1ccc(C2SCC(=O)N2c2ccc(F)cc2)cc1. The number of nitrogens with one attached hydrogen (secondary N) is 1. The van der Waals surface area contributed by atoms with Crippen LogP contribution < -0.4 is 10.2 Å². The Bertz CT molecular complexity index is 973. The smallest absolute Gasteiger partial charge is 0.238 e. The topological polar surface area (TPSA) is 49.4 Å². The molecule has 1 atom stereocenters. The van der Waals surface area contributed by atoms with Crippen LogP contribution >= 0.6 is 23.1 Å². The maximum atomic E-state index is 13.2. The number of nitrogens with zero attached hydrogens (tertiary/aromatic N) is 1. The minimum Gasteiger partial charge on any atom is -0.326 e. The summed E-state index contributed by atoms with van der Waals surface area (Å²) in [7, 11) is 0. The Hall–Kier alpha value is -2.64. The lowest BCUT2D eigenvalue weighted by atomic mass is 10.1. The van der Waals surface area contributed by atoms with Gasteiger partial charge in [0.25, 0.3) is 0 Å². The molecular weight excluding hydrogens is 395 g/mol. The molecule has 4 nitrogen and oxygen atoms in total. The van der Waals surface area contributed by atoms with Crippen molar-refractivity contribution in [2.45, 2.75) is 11.8 Å². The standard InChI is InChI=1S/C21H17FN2O2S2/c22-15-5-9-17(10-6-15)24-20(26)13-28-21(24)14-3-7-16(8-4-14)23-19(25)12-18-2-1-11-27-18/h1-11,21H,12-13H2,(H,23,25). The number of rotatable bonds is 5. The van der Waals surface area contributed by atoms with Gasteiger partial charge in [0.1, 0.15) is 11.2 Å². The Balaban J connectivity index is 1.47. The summed E-state index contributed by atoms with van der Waals surface area (Å²) in [5.41, 5.74) is 2.35. The molecule has 28 heavy (non-hydrogen) atoms. The minimum absolute atomic E-state index is 0.00469. The summed E-state index contributed by atoms with van der Waals surface area (Å²) in [5, 5.41) is 4.67. The number of halogens is 1. The Morgan fingerprint density at radius 2 is 1.86 bits per heavy atom. The lowest BCUT2D eigenvalue weighted by molar-refractivity contribution is -0.116. The van der Waals surface area contributed by atoms with Crippen molar-refractivity contribution in [2.75, 3.05) is 16.0 Å². The summed E-state index contributed by atoms with van der Waals surface area (Å²) >= 11 is 3.09. The molecular formula is C21H17FN2O2S2. The Labute approximate surface area is 170 Å². The first-order chi connectivity index (χ1) is 13.6. The van der Waals surface area contributed by atoms with Gasteiger partial charge in [-0.25, -0.2) is 4.39 Å². The largest absolute Gasteiger partial charge is 0.326 e. The third kappa shape index (κ3) is 4.10. The normalized spacial score (nSPS) is 16.4. The zero-order valence-corrected chi connectivity index (χ0v) is 16.4. The number of hydrogen-bond acceptors (Lipinski definition) is 4. The van der Waals surface area contributed by atoms with E-state index in [9.17, 15) is 14.0 Å². The quantitative estimate of drug-likeness (QED) is 0.652. The van der Waals surface area contributed by atoms with Crippen LogP contribution in [0.25, 0.3) is 0 Å². The highest BCUT2D eigenvalue weighted by atomic mass is 32.2. The predicted molar refractivity (Wildman–Crippen MR) is 112 cm³/mol. The van der Waals surface area contributed by atoms with Crippen molar-refractivity contribution in [3.05, 3.63) is 82.3 Å². The van der Waals surface area contributed by atoms with E-state index in [0.29, 0.717) is 23.5 Å². The van der Waals surface area contributed by atoms with E-state index < -0.39 is 0 Å². The molecule has 0 radical (unpaired) electrons. The fourth-order valence-electron chi connectivity index (χ4n) is 3.06. The number of carbonyl (C=O) groups excluding carboxylic acids is 2. The van der Waals surface area contributed by atoms with Gasteiger partial charge in [0.15, 0.2) is 0 Å². The van der Waals surface area contributed by atoms with E-state index in [2.05, 4.69) is 5.32 Å². The molecule has 142 valence electrons. The van der Waals surface area contributed by atoms with E-state index in [4.69, 9.17) is 0 Å². The zero-order valence-electron chi connectivity index (χ0n) is 14.8. The molecule has 1 saturated heterocycles. The predicted octanol–water partition coefficient (Wildman–Crippen LogP) is 4.85. The van der Waals surface area contributed by atoms with Crippen molar-refractivity contribution in [2.24, 2.45) is 0 Å². The number of carbonyl (C=O) groups is 2. The second kappa shape index (κ2) is 8.16. The number of thioether (sulfide) groups is 1. The first-order valence-corrected chi connectivity index (χ1v) is 10.6. The summed E-state index contributed by atoms with van der Waals surface area (Å²) in [6, 6.07) is 17.3. The van der Waals surface area contributed by atoms with Crippen molar-refractivity contribution in [3.63, 3.8) is 0 Å². The van der Waals surface area contributed by atoms with Gasteiger partial charge in [-0.2, -0.15) is 0 Å². The van der Waals surface area contributed by atoms with Crippen LogP contribution in [-0.2, 0) is 16.0 Å². The highest BCUT2D eigenvalue weighted by Gasteiger charge is 2.34. The van der Waals surface area contributed by atoms with Crippen LogP contribution in [0.2, 0.25) is 0 Å². The van der Waals surface area contributed by atoms with Crippen LogP contribution in [-0.4, -0.2) is 17.6 Å². The van der Waals surface area contributed by atoms with Gasteiger partial charge >= 0.3 is 0 Å². The summed E-state index contributed by atoms with van der Waals surface area (Å²) < 4.78 is 13.2. The van der Waals surface area contributed by atoms with E-state index in [1.165, 1.54) is 23.9 Å². The van der Waals surface area contributed by atoms with E-state index in [1.807, 2.05) is 41.8 Å². The van der Waals surface area contributed by atoms with Crippen LogP contribution in [0.3, 0.4) is 0 Å². The number of benzene rings is 2. The molecule has 3 aromatic rings. The number of thiophene rings is 1. The fraction of sp³-hybridized carbons (Fsp3) is 0.143. The fourth-order valence-corrected chi connectivity index (χ4v) is 4.94. The van der Waals surface area contributed by atoms with Crippen molar-refractivity contribution in [3.8, 4) is 0 Å². The Morgan fingerprint density at radius 1 is 1.11 bits per heavy atom. The van der Waals surface area contributed by atoms with Crippen LogP contribution in [0.4, 0.5) is 15.8 Å². The van der Waals surface area contributed by atoms with Crippen LogP contribution in [0, 0.1) is 5.82 Å². The van der Waals surface area contributed by atoms with Crippen molar-refractivity contribution < 1.29 is 14.0 Å². The minimum atomic E-state index is -0.331. The number of anilines is 2. The molecule has 1 aliphatic heterocycles. The number of hydrogen-bond donors (Lipinski definition) is 1. The molecule has 2 heterocycles. The van der Waals surface area contributed by atoms with Crippen molar-refractivity contribution >= 4 is 46.3 Å². The highest BCUT2D eigenvalue weighted by Crippen LogP contribution is 2.41. The van der Waals surface area contributed by atoms with Gasteiger partial charge in [0, 0.05) is 16.3 Å². The van der Waals surface area contributed by atoms with Gasteiger partial charge in [0.2, 0.25) is 11.8 Å². The Morgan fingerprint density at radius 3 is 2.54 bits per heavy atom. The first kappa shape index (κ1) is 18.7. The highest BCUT2D eigenvalue weighted by molar-refractivity contribution is 8.00. The average Bonchev–Trinajstić information content (AvgIpc) is 3.33. The molecule has 0 aliphatic carbocycles. The molecule has 7 heteroatoms. The second-order valence-corrected chi connectivity index (χ2v) is 8.43. The summed E-state index contributed by atoms with van der Waals surface area (Å²) in [6.07, 6.45) is 0.352. The van der Waals surface area contributed by atoms with E-state index in [-0.39, 0.29) is 23.0 Å². The summed E-state index contributed by atoms with van der Waals surface area (Å²) in [4.78, 5) is 27.2. The van der Waals surface area contributed by atoms with Crippen LogP contribution in [0.1, 0.15) is 15.8 Å². The molecule has 1 fully saturated rings. The van der Waals surface area contributed by atoms with E-state index >= 15 is 0 Å². The first-order valence-electron chi connectivity index (χ1n) is 8.71. The lowest BCUT2D eigenvalue weighted by Crippen LogP contribution is -2.27. The van der Waals surface area contributed by atoms with Crippen molar-refractivity contribution in [1.82, 2.24) is 0 Å². The molecule has 1 aromatic heterocycles. The molecule has 0 bridgehead atoms. The molecule has 1 aliphatic rings. The molecule has 1 N–H and O–H groups in total. The van der Waals surface area contributed by atoms with Crippen LogP contribution in [0.5, 0.6) is 0 Å². The van der Waals surface area contributed by atoms with Gasteiger partial charge in [-0.3, -0.25) is 14.5 Å². The molecule has 0 spiro atoms. The summed E-state index contributed by atoms with van der Waals surface area (Å²) in [6.45, 7) is 0. The zero-order chi connectivity index (χ0) is 19.5. The monoisotopic (exact) mass is 412 g/mol. The Kier molecular flexibility index (Phi) is 5.45. The third-order valence-electron chi connectivity index (χ3n) is 4.37. The van der Waals surface area contributed by atoms with Crippen LogP contribution in [0.15, 0.2) is 66.0 Å². The van der Waals surface area contributed by atoms with Crippen molar-refractivity contribution in [1.29, 1.82) is 0 Å². The molecule has 0 saturated carbocycles. The average molecular weight is 413 g/mol. The molecule has 2 aromatic carbocycles. The van der Waals surface area contributed by atoms with Gasteiger partial charge in [-0.05, 0) is 53.4 Å². The molecule has 1 unspecified atom stereocenters. The van der Waals surface area contributed by atoms with E-state index in [1.54, 1.807) is 28.4 Å². The maximum absolute atomic E-state index is 13.2. The third-order valence-corrected chi connectivity index (χ3v) is 6.46.